The molecule has 0 amide bonds. The standard InChI is InChI=1S/C6H4F3NO2/c7-6(8,9)3-2-10-5(12)1-4(3)11/h1-2H,(H2,10,11,12). The number of aromatic nitrogens is 1. The topological polar surface area (TPSA) is 53.1 Å². The number of nitrogens with one attached hydrogen (secondary N) is 1. The van der Waals surface area contributed by atoms with Gasteiger partial charge < -0.3 is 10.1 Å². The second-order valence-corrected chi connectivity index (χ2v) is 2.09. The first-order valence-corrected chi connectivity index (χ1v) is 2.90. The Morgan fingerprint density at radius 1 is 1.42 bits per heavy atom. The van der Waals surface area contributed by atoms with Crippen molar-refractivity contribution in [3.8, 4) is 5.75 Å². The van der Waals surface area contributed by atoms with E-state index in [4.69, 9.17) is 5.11 Å². The molecule has 1 heterocycles. The van der Waals surface area contributed by atoms with E-state index in [2.05, 4.69) is 0 Å². The summed E-state index contributed by atoms with van der Waals surface area (Å²) in [5.74, 6) is -1.06. The Hall–Kier alpha value is -1.46. The third-order valence-electron chi connectivity index (χ3n) is 1.21. The third kappa shape index (κ3) is 1.58. The summed E-state index contributed by atoms with van der Waals surface area (Å²) in [7, 11) is 0. The number of pyridine rings is 1. The Kier molecular flexibility index (Phi) is 1.83. The molecule has 0 bridgehead atoms. The minimum atomic E-state index is -4.64. The summed E-state index contributed by atoms with van der Waals surface area (Å²) in [5.41, 5.74) is -2.03. The van der Waals surface area contributed by atoms with E-state index in [0.29, 0.717) is 12.3 Å². The smallest absolute Gasteiger partial charge is 0.421 e. The van der Waals surface area contributed by atoms with Gasteiger partial charge in [-0.3, -0.25) is 4.79 Å². The van der Waals surface area contributed by atoms with Crippen LogP contribution in [0.3, 0.4) is 0 Å². The maximum Gasteiger partial charge on any atom is 0.421 e. The van der Waals surface area contributed by atoms with Crippen LogP contribution in [0.4, 0.5) is 13.2 Å². The van der Waals surface area contributed by atoms with Crippen LogP contribution in [0, 0.1) is 0 Å². The normalized spacial score (nSPS) is 11.6. The van der Waals surface area contributed by atoms with Crippen molar-refractivity contribution in [1.29, 1.82) is 0 Å². The molecule has 66 valence electrons. The van der Waals surface area contributed by atoms with E-state index in [0.717, 1.165) is 0 Å². The zero-order valence-corrected chi connectivity index (χ0v) is 5.64. The lowest BCUT2D eigenvalue weighted by Gasteiger charge is -2.06. The monoisotopic (exact) mass is 179 g/mol. The highest BCUT2D eigenvalue weighted by atomic mass is 19.4. The first-order valence-electron chi connectivity index (χ1n) is 2.90. The van der Waals surface area contributed by atoms with Crippen LogP contribution in [0.2, 0.25) is 0 Å². The molecule has 12 heavy (non-hydrogen) atoms. The molecule has 0 spiro atoms. The number of aromatic amines is 1. The summed E-state index contributed by atoms with van der Waals surface area (Å²) in [5, 5.41) is 8.69. The number of alkyl halides is 3. The van der Waals surface area contributed by atoms with Crippen molar-refractivity contribution in [2.75, 3.05) is 0 Å². The maximum atomic E-state index is 11.9. The number of rotatable bonds is 0. The molecular formula is C6H4F3NO2. The van der Waals surface area contributed by atoms with E-state index in [9.17, 15) is 18.0 Å². The van der Waals surface area contributed by atoms with Crippen molar-refractivity contribution in [3.05, 3.63) is 28.2 Å². The van der Waals surface area contributed by atoms with Gasteiger partial charge >= 0.3 is 6.18 Å². The van der Waals surface area contributed by atoms with Crippen molar-refractivity contribution in [2.45, 2.75) is 6.18 Å². The lowest BCUT2D eigenvalue weighted by molar-refractivity contribution is -0.139. The van der Waals surface area contributed by atoms with E-state index in [1.807, 2.05) is 4.98 Å². The molecule has 0 fully saturated rings. The predicted octanol–water partition coefficient (Wildman–Crippen LogP) is 1.10. The Morgan fingerprint density at radius 2 is 2.00 bits per heavy atom. The van der Waals surface area contributed by atoms with Gasteiger partial charge in [0.15, 0.2) is 0 Å². The molecular weight excluding hydrogens is 175 g/mol. The summed E-state index contributed by atoms with van der Waals surface area (Å²) < 4.78 is 35.7. The Bertz CT molecular complexity index is 341. The molecule has 0 saturated heterocycles. The Morgan fingerprint density at radius 3 is 2.42 bits per heavy atom. The second-order valence-electron chi connectivity index (χ2n) is 2.09. The minimum Gasteiger partial charge on any atom is -0.507 e. The van der Waals surface area contributed by atoms with E-state index >= 15 is 0 Å². The molecule has 0 radical (unpaired) electrons. The van der Waals surface area contributed by atoms with Crippen molar-refractivity contribution < 1.29 is 18.3 Å². The van der Waals surface area contributed by atoms with E-state index in [-0.39, 0.29) is 0 Å². The zero-order chi connectivity index (χ0) is 9.35. The largest absolute Gasteiger partial charge is 0.507 e. The van der Waals surface area contributed by atoms with Crippen molar-refractivity contribution in [3.63, 3.8) is 0 Å². The minimum absolute atomic E-state index is 0.428. The highest BCUT2D eigenvalue weighted by molar-refractivity contribution is 5.30. The van der Waals surface area contributed by atoms with E-state index < -0.39 is 23.0 Å². The van der Waals surface area contributed by atoms with Crippen LogP contribution in [0.5, 0.6) is 5.75 Å². The molecule has 1 aromatic rings. The van der Waals surface area contributed by atoms with Gasteiger partial charge in [-0.15, -0.1) is 0 Å². The Balaban J connectivity index is 3.28. The summed E-state index contributed by atoms with van der Waals surface area (Å²) in [6.07, 6.45) is -4.22. The molecule has 0 saturated carbocycles. The van der Waals surface area contributed by atoms with Gasteiger partial charge in [0.2, 0.25) is 0 Å². The molecule has 3 nitrogen and oxygen atoms in total. The molecule has 1 aromatic heterocycles. The summed E-state index contributed by atoms with van der Waals surface area (Å²) in [6, 6.07) is 0.475. The summed E-state index contributed by atoms with van der Waals surface area (Å²) in [6.45, 7) is 0. The SMILES string of the molecule is O=c1cc(O)c(C(F)(F)F)c[nH]1. The fourth-order valence-electron chi connectivity index (χ4n) is 0.688. The zero-order valence-electron chi connectivity index (χ0n) is 5.64. The van der Waals surface area contributed by atoms with Crippen LogP contribution in [0.25, 0.3) is 0 Å². The molecule has 0 aliphatic heterocycles. The van der Waals surface area contributed by atoms with Crippen molar-refractivity contribution in [2.24, 2.45) is 0 Å². The molecule has 0 atom stereocenters. The van der Waals surface area contributed by atoms with Crippen LogP contribution < -0.4 is 5.56 Å². The number of H-pyrrole nitrogens is 1. The predicted molar refractivity (Wildman–Crippen MR) is 33.7 cm³/mol. The molecule has 0 aliphatic carbocycles. The van der Waals surface area contributed by atoms with Crippen LogP contribution in [0.15, 0.2) is 17.1 Å². The number of halogens is 3. The van der Waals surface area contributed by atoms with Crippen molar-refractivity contribution >= 4 is 0 Å². The number of hydrogen-bond acceptors (Lipinski definition) is 2. The van der Waals surface area contributed by atoms with Gasteiger partial charge in [-0.05, 0) is 0 Å². The van der Waals surface area contributed by atoms with E-state index in [1.165, 1.54) is 0 Å². The van der Waals surface area contributed by atoms with Gasteiger partial charge in [0.1, 0.15) is 11.3 Å². The van der Waals surface area contributed by atoms with Crippen LogP contribution in [-0.4, -0.2) is 10.1 Å². The van der Waals surface area contributed by atoms with Gasteiger partial charge in [0, 0.05) is 12.3 Å². The molecule has 0 aromatic carbocycles. The van der Waals surface area contributed by atoms with Gasteiger partial charge in [-0.1, -0.05) is 0 Å². The van der Waals surface area contributed by atoms with Crippen LogP contribution >= 0.6 is 0 Å². The molecule has 2 N–H and O–H groups in total. The number of hydrogen-bond donors (Lipinski definition) is 2. The molecule has 0 aliphatic rings. The molecule has 1 rings (SSSR count). The fraction of sp³-hybridized carbons (Fsp3) is 0.167. The summed E-state index contributed by atoms with van der Waals surface area (Å²) in [4.78, 5) is 12.2. The van der Waals surface area contributed by atoms with Crippen LogP contribution in [0.1, 0.15) is 5.56 Å². The van der Waals surface area contributed by atoms with Crippen molar-refractivity contribution in [1.82, 2.24) is 4.98 Å². The van der Waals surface area contributed by atoms with Crippen LogP contribution in [-0.2, 0) is 6.18 Å². The lowest BCUT2D eigenvalue weighted by atomic mass is 10.2. The first-order chi connectivity index (χ1) is 5.41. The average molecular weight is 179 g/mol. The van der Waals surface area contributed by atoms with Gasteiger partial charge in [0.25, 0.3) is 5.56 Å². The van der Waals surface area contributed by atoms with Gasteiger partial charge in [0.05, 0.1) is 0 Å². The van der Waals surface area contributed by atoms with E-state index in [1.54, 1.807) is 0 Å². The average Bonchev–Trinajstić information content (AvgIpc) is 1.83. The fourth-order valence-corrected chi connectivity index (χ4v) is 0.688. The lowest BCUT2D eigenvalue weighted by Crippen LogP contribution is -2.11. The van der Waals surface area contributed by atoms with Gasteiger partial charge in [-0.25, -0.2) is 0 Å². The third-order valence-corrected chi connectivity index (χ3v) is 1.21. The highest BCUT2D eigenvalue weighted by Crippen LogP contribution is 2.33. The highest BCUT2D eigenvalue weighted by Gasteiger charge is 2.33. The quantitative estimate of drug-likeness (QED) is 0.626. The second kappa shape index (κ2) is 2.54. The maximum absolute atomic E-state index is 11.9. The first kappa shape index (κ1) is 8.63. The summed E-state index contributed by atoms with van der Waals surface area (Å²) >= 11 is 0. The Labute approximate surface area is 64.5 Å². The molecule has 0 unspecified atom stereocenters. The molecule has 6 heteroatoms. The number of aromatic hydroxyl groups is 1. The van der Waals surface area contributed by atoms with Gasteiger partial charge in [-0.2, -0.15) is 13.2 Å².